The largest absolute Gasteiger partial charge is 0.487 e. The molecular weight excluding hydrogens is 434 g/mol. The summed E-state index contributed by atoms with van der Waals surface area (Å²) >= 11 is 6.01. The summed E-state index contributed by atoms with van der Waals surface area (Å²) in [5.41, 5.74) is 4.29. The number of fused-ring (bicyclic) bond motifs is 1. The van der Waals surface area contributed by atoms with Crippen molar-refractivity contribution in [2.75, 3.05) is 13.2 Å². The first-order valence-corrected chi connectivity index (χ1v) is 11.8. The molecule has 0 aliphatic carbocycles. The average Bonchev–Trinajstić information content (AvgIpc) is 3.14. The van der Waals surface area contributed by atoms with Crippen molar-refractivity contribution < 1.29 is 14.6 Å². The second kappa shape index (κ2) is 10.4. The second-order valence-corrected chi connectivity index (χ2v) is 9.43. The van der Waals surface area contributed by atoms with E-state index in [1.807, 2.05) is 66.7 Å². The molecule has 0 saturated heterocycles. The van der Waals surface area contributed by atoms with Gasteiger partial charge in [-0.15, -0.1) is 0 Å². The molecule has 33 heavy (non-hydrogen) atoms. The third kappa shape index (κ3) is 6.16. The molecule has 5 heteroatoms. The van der Waals surface area contributed by atoms with Crippen LogP contribution in [0, 0.1) is 0 Å². The number of ether oxygens (including phenoxy) is 1. The summed E-state index contributed by atoms with van der Waals surface area (Å²) in [4.78, 5) is 14.6. The number of hydrogen-bond acceptors (Lipinski definition) is 3. The van der Waals surface area contributed by atoms with Gasteiger partial charge in [0.15, 0.2) is 0 Å². The predicted octanol–water partition coefficient (Wildman–Crippen LogP) is 5.23. The van der Waals surface area contributed by atoms with E-state index < -0.39 is 0 Å². The van der Waals surface area contributed by atoms with Crippen molar-refractivity contribution >= 4 is 17.5 Å². The van der Waals surface area contributed by atoms with Crippen molar-refractivity contribution in [3.63, 3.8) is 0 Å². The van der Waals surface area contributed by atoms with Crippen LogP contribution in [-0.2, 0) is 30.6 Å². The fourth-order valence-corrected chi connectivity index (χ4v) is 4.61. The number of amides is 1. The first kappa shape index (κ1) is 23.3. The number of hydrogen-bond donors (Lipinski definition) is 1. The van der Waals surface area contributed by atoms with Gasteiger partial charge in [0.25, 0.3) is 0 Å². The minimum atomic E-state index is -0.293. The highest BCUT2D eigenvalue weighted by Gasteiger charge is 2.35. The van der Waals surface area contributed by atoms with E-state index in [-0.39, 0.29) is 18.1 Å². The number of rotatable bonds is 9. The quantitative estimate of drug-likeness (QED) is 0.472. The van der Waals surface area contributed by atoms with Crippen LogP contribution in [0.15, 0.2) is 72.8 Å². The summed E-state index contributed by atoms with van der Waals surface area (Å²) in [5, 5.41) is 10.1. The van der Waals surface area contributed by atoms with E-state index >= 15 is 0 Å². The van der Waals surface area contributed by atoms with Crippen molar-refractivity contribution in [3.8, 4) is 5.75 Å². The Balaban J connectivity index is 1.36. The minimum absolute atomic E-state index is 0.0407. The van der Waals surface area contributed by atoms with Crippen LogP contribution in [0.25, 0.3) is 0 Å². The van der Waals surface area contributed by atoms with E-state index in [1.165, 1.54) is 11.1 Å². The maximum absolute atomic E-state index is 12.9. The van der Waals surface area contributed by atoms with Gasteiger partial charge >= 0.3 is 0 Å². The number of halogens is 1. The fraction of sp³-hybridized carbons (Fsp3) is 0.321. The molecule has 3 aromatic rings. The minimum Gasteiger partial charge on any atom is -0.487 e. The van der Waals surface area contributed by atoms with Crippen molar-refractivity contribution in [1.82, 2.24) is 4.90 Å². The number of benzene rings is 3. The van der Waals surface area contributed by atoms with Gasteiger partial charge in [0.1, 0.15) is 11.4 Å². The second-order valence-electron chi connectivity index (χ2n) is 9.00. The SMILES string of the molecule is C[C@@]1(Cc2ccc(Cl)cc2)Cc2cc(CCC(=O)N(CCO)Cc3ccccc3)ccc2O1. The lowest BCUT2D eigenvalue weighted by atomic mass is 9.91. The molecular formula is C28H30ClNO3. The standard InChI is InChI=1S/C28H30ClNO3/c1-28(18-22-7-11-25(29)12-8-22)19-24-17-21(9-13-26(24)33-28)10-14-27(32)30(15-16-31)20-23-5-3-2-4-6-23/h2-9,11-13,17,31H,10,14-16,18-20H2,1H3/t28-/m1/s1. The van der Waals surface area contributed by atoms with Crippen LogP contribution in [0.3, 0.4) is 0 Å². The molecule has 1 heterocycles. The zero-order valence-electron chi connectivity index (χ0n) is 19.0. The Bertz CT molecular complexity index is 1080. The molecule has 1 aliphatic heterocycles. The molecule has 3 aromatic carbocycles. The van der Waals surface area contributed by atoms with E-state index in [4.69, 9.17) is 16.3 Å². The third-order valence-corrected chi connectivity index (χ3v) is 6.36. The monoisotopic (exact) mass is 463 g/mol. The lowest BCUT2D eigenvalue weighted by Crippen LogP contribution is -2.33. The Morgan fingerprint density at radius 1 is 1.03 bits per heavy atom. The number of carbonyl (C=O) groups excluding carboxylic acids is 1. The molecule has 1 atom stereocenters. The fourth-order valence-electron chi connectivity index (χ4n) is 4.49. The predicted molar refractivity (Wildman–Crippen MR) is 132 cm³/mol. The Hall–Kier alpha value is -2.82. The van der Waals surface area contributed by atoms with Crippen LogP contribution >= 0.6 is 11.6 Å². The Labute approximate surface area is 200 Å². The van der Waals surface area contributed by atoms with Gasteiger partial charge in [0.05, 0.1) is 6.61 Å². The summed E-state index contributed by atoms with van der Waals surface area (Å²) in [6.45, 7) is 2.96. The Morgan fingerprint density at radius 2 is 1.76 bits per heavy atom. The number of aryl methyl sites for hydroxylation is 1. The normalized spacial score (nSPS) is 16.8. The number of aliphatic hydroxyl groups excluding tert-OH is 1. The third-order valence-electron chi connectivity index (χ3n) is 6.10. The van der Waals surface area contributed by atoms with Gasteiger partial charge in [-0.2, -0.15) is 0 Å². The van der Waals surface area contributed by atoms with E-state index in [2.05, 4.69) is 13.0 Å². The van der Waals surface area contributed by atoms with Crippen molar-refractivity contribution in [2.24, 2.45) is 0 Å². The molecule has 0 unspecified atom stereocenters. The van der Waals surface area contributed by atoms with Gasteiger partial charge in [0.2, 0.25) is 5.91 Å². The smallest absolute Gasteiger partial charge is 0.223 e. The molecule has 1 aliphatic rings. The summed E-state index contributed by atoms with van der Waals surface area (Å²) in [6, 6.07) is 24.0. The van der Waals surface area contributed by atoms with Crippen molar-refractivity contribution in [3.05, 3.63) is 100 Å². The Kier molecular flexibility index (Phi) is 7.36. The first-order chi connectivity index (χ1) is 15.9. The van der Waals surface area contributed by atoms with Gasteiger partial charge in [0, 0.05) is 37.4 Å². The molecule has 0 aromatic heterocycles. The molecule has 4 rings (SSSR count). The van der Waals surface area contributed by atoms with Gasteiger partial charge in [-0.25, -0.2) is 0 Å². The molecule has 0 fully saturated rings. The zero-order chi connectivity index (χ0) is 23.3. The first-order valence-electron chi connectivity index (χ1n) is 11.4. The molecule has 0 spiro atoms. The summed E-state index contributed by atoms with van der Waals surface area (Å²) < 4.78 is 6.31. The van der Waals surface area contributed by atoms with Crippen molar-refractivity contribution in [2.45, 2.75) is 44.8 Å². The Morgan fingerprint density at radius 3 is 2.48 bits per heavy atom. The highest BCUT2D eigenvalue weighted by atomic mass is 35.5. The van der Waals surface area contributed by atoms with Crippen LogP contribution in [0.4, 0.5) is 0 Å². The van der Waals surface area contributed by atoms with E-state index in [9.17, 15) is 9.90 Å². The summed E-state index contributed by atoms with van der Waals surface area (Å²) in [7, 11) is 0. The van der Waals surface area contributed by atoms with Crippen molar-refractivity contribution in [1.29, 1.82) is 0 Å². The van der Waals surface area contributed by atoms with Gasteiger partial charge in [-0.1, -0.05) is 66.2 Å². The average molecular weight is 464 g/mol. The maximum Gasteiger partial charge on any atom is 0.223 e. The zero-order valence-corrected chi connectivity index (χ0v) is 19.7. The van der Waals surface area contributed by atoms with E-state index in [1.54, 1.807) is 4.90 Å². The number of aliphatic hydroxyl groups is 1. The van der Waals surface area contributed by atoms with Crippen LogP contribution in [0.2, 0.25) is 5.02 Å². The highest BCUT2D eigenvalue weighted by Crippen LogP contribution is 2.37. The topological polar surface area (TPSA) is 49.8 Å². The molecule has 1 N–H and O–H groups in total. The number of nitrogens with zero attached hydrogens (tertiary/aromatic N) is 1. The van der Waals surface area contributed by atoms with Crippen LogP contribution in [-0.4, -0.2) is 34.7 Å². The lowest BCUT2D eigenvalue weighted by molar-refractivity contribution is -0.132. The molecule has 172 valence electrons. The highest BCUT2D eigenvalue weighted by molar-refractivity contribution is 6.30. The summed E-state index contributed by atoms with van der Waals surface area (Å²) in [6.07, 6.45) is 2.71. The van der Waals surface area contributed by atoms with Crippen LogP contribution < -0.4 is 4.74 Å². The molecule has 0 saturated carbocycles. The van der Waals surface area contributed by atoms with E-state index in [0.29, 0.717) is 25.9 Å². The van der Waals surface area contributed by atoms with Gasteiger partial charge in [-0.05, 0) is 53.8 Å². The molecule has 0 bridgehead atoms. The maximum atomic E-state index is 12.9. The summed E-state index contributed by atoms with van der Waals surface area (Å²) in [5.74, 6) is 0.977. The molecule has 4 nitrogen and oxygen atoms in total. The van der Waals surface area contributed by atoms with Gasteiger partial charge < -0.3 is 14.7 Å². The molecule has 1 amide bonds. The number of carbonyl (C=O) groups is 1. The van der Waals surface area contributed by atoms with Gasteiger partial charge in [-0.3, -0.25) is 4.79 Å². The molecule has 0 radical (unpaired) electrons. The van der Waals surface area contributed by atoms with Crippen LogP contribution in [0.1, 0.15) is 35.6 Å². The van der Waals surface area contributed by atoms with Crippen LogP contribution in [0.5, 0.6) is 5.75 Å². The lowest BCUT2D eigenvalue weighted by Gasteiger charge is -2.24. The van der Waals surface area contributed by atoms with E-state index in [0.717, 1.165) is 34.7 Å².